The highest BCUT2D eigenvalue weighted by molar-refractivity contribution is 9.10. The number of halogens is 2. The molecule has 0 bridgehead atoms. The Labute approximate surface area is 112 Å². The van der Waals surface area contributed by atoms with Crippen LogP contribution in [0.3, 0.4) is 0 Å². The number of benzene rings is 1. The lowest BCUT2D eigenvalue weighted by Crippen LogP contribution is -2.20. The first-order valence-electron chi connectivity index (χ1n) is 5.37. The second kappa shape index (κ2) is 4.94. The van der Waals surface area contributed by atoms with E-state index in [0.717, 1.165) is 5.56 Å². The second-order valence-electron chi connectivity index (χ2n) is 4.16. The summed E-state index contributed by atoms with van der Waals surface area (Å²) >= 11 is 3.22. The molecule has 94 valence electrons. The molecule has 0 aliphatic rings. The molecule has 0 radical (unpaired) electrons. The van der Waals surface area contributed by atoms with Crippen LogP contribution in [0.1, 0.15) is 11.1 Å². The molecule has 0 unspecified atom stereocenters. The van der Waals surface area contributed by atoms with E-state index in [1.165, 1.54) is 22.8 Å². The van der Waals surface area contributed by atoms with Gasteiger partial charge in [0, 0.05) is 16.7 Å². The highest BCUT2D eigenvalue weighted by Gasteiger charge is 2.04. The molecule has 0 aliphatic heterocycles. The fourth-order valence-corrected chi connectivity index (χ4v) is 2.22. The molecular formula is C13H12BrFN2O. The van der Waals surface area contributed by atoms with Gasteiger partial charge in [-0.25, -0.2) is 4.39 Å². The molecule has 0 aliphatic carbocycles. The molecule has 5 heteroatoms. The Morgan fingerprint density at radius 1 is 1.33 bits per heavy atom. The van der Waals surface area contributed by atoms with Gasteiger partial charge in [0.2, 0.25) is 0 Å². The summed E-state index contributed by atoms with van der Waals surface area (Å²) in [7, 11) is 0. The average molecular weight is 311 g/mol. The first-order chi connectivity index (χ1) is 8.45. The van der Waals surface area contributed by atoms with E-state index < -0.39 is 0 Å². The maximum absolute atomic E-state index is 13.2. The third-order valence-electron chi connectivity index (χ3n) is 2.65. The predicted molar refractivity (Wildman–Crippen MR) is 73.1 cm³/mol. The molecule has 0 saturated heterocycles. The zero-order valence-corrected chi connectivity index (χ0v) is 11.4. The van der Waals surface area contributed by atoms with Gasteiger partial charge in [0.05, 0.1) is 12.2 Å². The number of anilines is 1. The lowest BCUT2D eigenvalue weighted by molar-refractivity contribution is 0.621. The molecule has 0 saturated carbocycles. The van der Waals surface area contributed by atoms with E-state index in [2.05, 4.69) is 15.9 Å². The summed E-state index contributed by atoms with van der Waals surface area (Å²) in [5, 5.41) is 0. The number of pyridine rings is 1. The lowest BCUT2D eigenvalue weighted by Gasteiger charge is -2.09. The number of nitrogens with two attached hydrogens (primary N) is 1. The molecular weight excluding hydrogens is 299 g/mol. The van der Waals surface area contributed by atoms with Crippen LogP contribution in [0.2, 0.25) is 0 Å². The van der Waals surface area contributed by atoms with Gasteiger partial charge in [-0.1, -0.05) is 15.9 Å². The van der Waals surface area contributed by atoms with E-state index in [1.54, 1.807) is 19.2 Å². The van der Waals surface area contributed by atoms with Gasteiger partial charge in [0.15, 0.2) is 0 Å². The van der Waals surface area contributed by atoms with Gasteiger partial charge in [-0.15, -0.1) is 0 Å². The summed E-state index contributed by atoms with van der Waals surface area (Å²) in [5.74, 6) is -0.340. The summed E-state index contributed by atoms with van der Waals surface area (Å²) in [5.41, 5.74) is 7.60. The number of aryl methyl sites for hydroxylation is 1. The van der Waals surface area contributed by atoms with Crippen molar-refractivity contribution in [3.05, 3.63) is 62.2 Å². The van der Waals surface area contributed by atoms with Crippen LogP contribution in [0, 0.1) is 12.7 Å². The highest BCUT2D eigenvalue weighted by atomic mass is 79.9. The van der Waals surface area contributed by atoms with Crippen molar-refractivity contribution in [3.63, 3.8) is 0 Å². The number of hydrogen-bond acceptors (Lipinski definition) is 2. The van der Waals surface area contributed by atoms with Gasteiger partial charge in [0.1, 0.15) is 5.82 Å². The smallest absolute Gasteiger partial charge is 0.251 e. The average Bonchev–Trinajstić information content (AvgIpc) is 2.24. The Kier molecular flexibility index (Phi) is 3.52. The van der Waals surface area contributed by atoms with Crippen LogP contribution in [0.25, 0.3) is 0 Å². The van der Waals surface area contributed by atoms with Crippen molar-refractivity contribution in [2.45, 2.75) is 13.5 Å². The largest absolute Gasteiger partial charge is 0.397 e. The minimum absolute atomic E-state index is 0.151. The first kappa shape index (κ1) is 12.8. The number of hydrogen-bond donors (Lipinski definition) is 1. The van der Waals surface area contributed by atoms with E-state index in [1.807, 2.05) is 0 Å². The third-order valence-corrected chi connectivity index (χ3v) is 3.11. The summed E-state index contributed by atoms with van der Waals surface area (Å²) in [6.07, 6.45) is 1.58. The van der Waals surface area contributed by atoms with Gasteiger partial charge in [-0.3, -0.25) is 4.79 Å². The quantitative estimate of drug-likeness (QED) is 0.927. The van der Waals surface area contributed by atoms with Crippen molar-refractivity contribution in [1.82, 2.24) is 4.57 Å². The fraction of sp³-hybridized carbons (Fsp3) is 0.154. The predicted octanol–water partition coefficient (Wildman–Crippen LogP) is 2.69. The minimum atomic E-state index is -0.340. The van der Waals surface area contributed by atoms with Crippen molar-refractivity contribution in [2.75, 3.05) is 5.73 Å². The Balaban J connectivity index is 2.40. The number of rotatable bonds is 2. The van der Waals surface area contributed by atoms with Gasteiger partial charge in [0.25, 0.3) is 5.56 Å². The number of nitrogen functional groups attached to an aromatic ring is 1. The van der Waals surface area contributed by atoms with Crippen LogP contribution in [-0.2, 0) is 6.54 Å². The molecule has 2 N–H and O–H groups in total. The standard InChI is InChI=1S/C13H12BrFN2O/c1-8-2-13(18)17(7-12(8)16)6-9-3-10(14)5-11(15)4-9/h2-5,7H,6,16H2,1H3. The maximum atomic E-state index is 13.2. The molecule has 1 aromatic carbocycles. The van der Waals surface area contributed by atoms with Crippen molar-refractivity contribution >= 4 is 21.6 Å². The Morgan fingerprint density at radius 3 is 2.72 bits per heavy atom. The normalized spacial score (nSPS) is 10.6. The second-order valence-corrected chi connectivity index (χ2v) is 5.07. The molecule has 3 nitrogen and oxygen atoms in total. The first-order valence-corrected chi connectivity index (χ1v) is 6.16. The Hall–Kier alpha value is -1.62. The van der Waals surface area contributed by atoms with Crippen molar-refractivity contribution in [1.29, 1.82) is 0 Å². The van der Waals surface area contributed by atoms with Crippen molar-refractivity contribution in [2.24, 2.45) is 0 Å². The minimum Gasteiger partial charge on any atom is -0.397 e. The summed E-state index contributed by atoms with van der Waals surface area (Å²) < 4.78 is 15.3. The van der Waals surface area contributed by atoms with Gasteiger partial charge in [-0.2, -0.15) is 0 Å². The van der Waals surface area contributed by atoms with Gasteiger partial charge < -0.3 is 10.3 Å². The van der Waals surface area contributed by atoms with Crippen LogP contribution >= 0.6 is 15.9 Å². The van der Waals surface area contributed by atoms with Crippen LogP contribution in [0.15, 0.2) is 39.7 Å². The topological polar surface area (TPSA) is 48.0 Å². The third kappa shape index (κ3) is 2.79. The van der Waals surface area contributed by atoms with Crippen molar-refractivity contribution in [3.8, 4) is 0 Å². The van der Waals surface area contributed by atoms with E-state index >= 15 is 0 Å². The summed E-state index contributed by atoms with van der Waals surface area (Å²) in [4.78, 5) is 11.8. The summed E-state index contributed by atoms with van der Waals surface area (Å²) in [6, 6.07) is 6.01. The van der Waals surface area contributed by atoms with Crippen LogP contribution in [0.5, 0.6) is 0 Å². The Morgan fingerprint density at radius 2 is 2.06 bits per heavy atom. The Bertz CT molecular complexity index is 632. The summed E-state index contributed by atoms with van der Waals surface area (Å²) in [6.45, 7) is 2.07. The van der Waals surface area contributed by atoms with Gasteiger partial charge in [-0.05, 0) is 36.2 Å². The van der Waals surface area contributed by atoms with Crippen LogP contribution < -0.4 is 11.3 Å². The molecule has 0 amide bonds. The molecule has 2 rings (SSSR count). The molecule has 1 heterocycles. The van der Waals surface area contributed by atoms with Gasteiger partial charge >= 0.3 is 0 Å². The van der Waals surface area contributed by atoms with Crippen LogP contribution in [0.4, 0.5) is 10.1 Å². The van der Waals surface area contributed by atoms with E-state index in [4.69, 9.17) is 5.73 Å². The van der Waals surface area contributed by atoms with E-state index in [9.17, 15) is 9.18 Å². The van der Waals surface area contributed by atoms with Crippen LogP contribution in [-0.4, -0.2) is 4.57 Å². The highest BCUT2D eigenvalue weighted by Crippen LogP contribution is 2.16. The molecule has 1 aromatic heterocycles. The molecule has 0 spiro atoms. The number of nitrogens with zero attached hydrogens (tertiary/aromatic N) is 1. The SMILES string of the molecule is Cc1cc(=O)n(Cc2cc(F)cc(Br)c2)cc1N. The zero-order valence-electron chi connectivity index (χ0n) is 9.78. The zero-order chi connectivity index (χ0) is 13.3. The maximum Gasteiger partial charge on any atom is 0.251 e. The van der Waals surface area contributed by atoms with E-state index in [-0.39, 0.29) is 11.4 Å². The fourth-order valence-electron chi connectivity index (χ4n) is 1.71. The number of aromatic nitrogens is 1. The molecule has 0 atom stereocenters. The van der Waals surface area contributed by atoms with E-state index in [0.29, 0.717) is 22.3 Å². The molecule has 2 aromatic rings. The molecule has 18 heavy (non-hydrogen) atoms. The monoisotopic (exact) mass is 310 g/mol. The van der Waals surface area contributed by atoms with Crippen molar-refractivity contribution < 1.29 is 4.39 Å². The lowest BCUT2D eigenvalue weighted by atomic mass is 10.2. The molecule has 0 fully saturated rings.